The second-order valence-electron chi connectivity index (χ2n) is 4.33. The molecule has 3 rings (SSSR count). The monoisotopic (exact) mass is 173 g/mol. The van der Waals surface area contributed by atoms with Crippen LogP contribution in [0.1, 0.15) is 25.7 Å². The Morgan fingerprint density at radius 1 is 1.58 bits per heavy atom. The molecule has 3 fully saturated rings. The quantitative estimate of drug-likeness (QED) is 0.659. The fraction of sp³-hybridized carbons (Fsp3) is 0.875. The summed E-state index contributed by atoms with van der Waals surface area (Å²) in [7, 11) is 0. The van der Waals surface area contributed by atoms with Crippen LogP contribution < -0.4 is 5.73 Å². The van der Waals surface area contributed by atoms with Crippen LogP contribution in [0.2, 0.25) is 0 Å². The Balaban J connectivity index is 1.86. The molecule has 3 N–H and O–H groups in total. The number of rotatable bonds is 3. The Bertz CT molecular complexity index is 221. The van der Waals surface area contributed by atoms with E-state index in [2.05, 4.69) is 0 Å². The lowest BCUT2D eigenvalue weighted by Crippen LogP contribution is -2.65. The summed E-state index contributed by atoms with van der Waals surface area (Å²) >= 11 is 0. The molecule has 0 aromatic heterocycles. The average Bonchev–Trinajstić information content (AvgIpc) is 1.81. The van der Waals surface area contributed by atoms with Gasteiger partial charge in [-0.25, -0.2) is 4.39 Å². The van der Waals surface area contributed by atoms with E-state index in [1.165, 1.54) is 0 Å². The zero-order chi connectivity index (χ0) is 8.98. The van der Waals surface area contributed by atoms with E-state index in [0.29, 0.717) is 25.7 Å². The maximum atomic E-state index is 13.0. The molecular formula is C8H12FNO2. The fourth-order valence-corrected chi connectivity index (χ4v) is 2.63. The van der Waals surface area contributed by atoms with Gasteiger partial charge in [0.25, 0.3) is 0 Å². The Labute approximate surface area is 69.7 Å². The highest BCUT2D eigenvalue weighted by atomic mass is 19.1. The number of alkyl halides is 1. The van der Waals surface area contributed by atoms with Crippen LogP contribution in [-0.2, 0) is 4.79 Å². The van der Waals surface area contributed by atoms with E-state index in [9.17, 15) is 9.18 Å². The smallest absolute Gasteiger partial charge is 0.320 e. The number of hydrogen-bond acceptors (Lipinski definition) is 2. The van der Waals surface area contributed by atoms with Gasteiger partial charge >= 0.3 is 5.97 Å². The number of carbonyl (C=O) groups is 1. The minimum absolute atomic E-state index is 0.0491. The SMILES string of the molecule is N[C@H](CC12CC(F)(C1)C2)C(=O)O. The normalized spacial score (nSPS) is 45.8. The van der Waals surface area contributed by atoms with Gasteiger partial charge in [0.05, 0.1) is 0 Å². The van der Waals surface area contributed by atoms with Gasteiger partial charge in [-0.05, 0) is 31.1 Å². The van der Waals surface area contributed by atoms with Crippen molar-refractivity contribution in [2.75, 3.05) is 0 Å². The molecule has 0 heterocycles. The first-order valence-electron chi connectivity index (χ1n) is 4.12. The Morgan fingerprint density at radius 3 is 2.42 bits per heavy atom. The fourth-order valence-electron chi connectivity index (χ4n) is 2.63. The lowest BCUT2D eigenvalue weighted by Gasteiger charge is -2.66. The second-order valence-corrected chi connectivity index (χ2v) is 4.33. The summed E-state index contributed by atoms with van der Waals surface area (Å²) in [5, 5.41) is 8.53. The van der Waals surface area contributed by atoms with Crippen LogP contribution in [0.3, 0.4) is 0 Å². The van der Waals surface area contributed by atoms with Gasteiger partial charge in [-0.3, -0.25) is 4.79 Å². The molecule has 12 heavy (non-hydrogen) atoms. The second kappa shape index (κ2) is 1.99. The van der Waals surface area contributed by atoms with Crippen LogP contribution in [0.5, 0.6) is 0 Å². The predicted molar refractivity (Wildman–Crippen MR) is 40.4 cm³/mol. The summed E-state index contributed by atoms with van der Waals surface area (Å²) in [5.41, 5.74) is 4.36. The molecule has 68 valence electrons. The molecule has 3 nitrogen and oxygen atoms in total. The van der Waals surface area contributed by atoms with Crippen molar-refractivity contribution >= 4 is 5.97 Å². The molecule has 0 saturated heterocycles. The standard InChI is InChI=1S/C8H12FNO2/c9-8-2-7(3-8,4-8)1-5(10)6(11)12/h5H,1-4,10H2,(H,11,12)/t5-,7?,8?/m1/s1. The van der Waals surface area contributed by atoms with Gasteiger partial charge in [0.15, 0.2) is 0 Å². The van der Waals surface area contributed by atoms with Crippen LogP contribution in [0, 0.1) is 5.41 Å². The number of halogens is 1. The van der Waals surface area contributed by atoms with Crippen molar-refractivity contribution in [3.8, 4) is 0 Å². The summed E-state index contributed by atoms with van der Waals surface area (Å²) in [5.74, 6) is -0.979. The van der Waals surface area contributed by atoms with Crippen LogP contribution in [-0.4, -0.2) is 22.8 Å². The van der Waals surface area contributed by atoms with Crippen molar-refractivity contribution < 1.29 is 14.3 Å². The van der Waals surface area contributed by atoms with Gasteiger partial charge in [0.1, 0.15) is 11.7 Å². The van der Waals surface area contributed by atoms with Crippen LogP contribution in [0.4, 0.5) is 4.39 Å². The Hall–Kier alpha value is -0.640. The molecule has 2 bridgehead atoms. The lowest BCUT2D eigenvalue weighted by atomic mass is 9.41. The number of carboxylic acid groups (broad SMARTS) is 1. The largest absolute Gasteiger partial charge is 0.480 e. The molecule has 0 radical (unpaired) electrons. The van der Waals surface area contributed by atoms with Gasteiger partial charge in [-0.1, -0.05) is 0 Å². The first-order chi connectivity index (χ1) is 5.45. The summed E-state index contributed by atoms with van der Waals surface area (Å²) in [6.07, 6.45) is 2.02. The molecule has 0 aromatic rings. The summed E-state index contributed by atoms with van der Waals surface area (Å²) in [6, 6.07) is -0.810. The molecule has 0 spiro atoms. The van der Waals surface area contributed by atoms with E-state index >= 15 is 0 Å². The zero-order valence-corrected chi connectivity index (χ0v) is 6.72. The Morgan fingerprint density at radius 2 is 2.08 bits per heavy atom. The molecular weight excluding hydrogens is 161 g/mol. The molecule has 3 saturated carbocycles. The van der Waals surface area contributed by atoms with Gasteiger partial charge in [-0.2, -0.15) is 0 Å². The zero-order valence-electron chi connectivity index (χ0n) is 6.72. The third-order valence-electron chi connectivity index (χ3n) is 3.05. The number of aliphatic carboxylic acids is 1. The topological polar surface area (TPSA) is 63.3 Å². The van der Waals surface area contributed by atoms with Gasteiger partial charge in [-0.15, -0.1) is 0 Å². The van der Waals surface area contributed by atoms with E-state index in [1.54, 1.807) is 0 Å². The maximum absolute atomic E-state index is 13.0. The van der Waals surface area contributed by atoms with Crippen molar-refractivity contribution in [2.24, 2.45) is 11.1 Å². The molecule has 3 aliphatic carbocycles. The summed E-state index contributed by atoms with van der Waals surface area (Å²) < 4.78 is 13.0. The van der Waals surface area contributed by atoms with E-state index in [-0.39, 0.29) is 5.41 Å². The van der Waals surface area contributed by atoms with E-state index in [1.807, 2.05) is 0 Å². The minimum atomic E-state index is -0.979. The van der Waals surface area contributed by atoms with Gasteiger partial charge in [0, 0.05) is 0 Å². The molecule has 0 amide bonds. The van der Waals surface area contributed by atoms with Crippen molar-refractivity contribution in [1.82, 2.24) is 0 Å². The van der Waals surface area contributed by atoms with Crippen LogP contribution >= 0.6 is 0 Å². The molecule has 1 atom stereocenters. The van der Waals surface area contributed by atoms with Gasteiger partial charge < -0.3 is 10.8 Å². The summed E-state index contributed by atoms with van der Waals surface area (Å²) in [6.45, 7) is 0. The minimum Gasteiger partial charge on any atom is -0.480 e. The van der Waals surface area contributed by atoms with Crippen LogP contribution in [0.25, 0.3) is 0 Å². The summed E-state index contributed by atoms with van der Waals surface area (Å²) in [4.78, 5) is 10.4. The van der Waals surface area contributed by atoms with Crippen molar-refractivity contribution in [2.45, 2.75) is 37.4 Å². The molecule has 0 aliphatic heterocycles. The van der Waals surface area contributed by atoms with Crippen molar-refractivity contribution in [3.05, 3.63) is 0 Å². The van der Waals surface area contributed by atoms with E-state index < -0.39 is 17.7 Å². The van der Waals surface area contributed by atoms with Crippen molar-refractivity contribution in [3.63, 3.8) is 0 Å². The average molecular weight is 173 g/mol. The lowest BCUT2D eigenvalue weighted by molar-refractivity contribution is -0.219. The van der Waals surface area contributed by atoms with Gasteiger partial charge in [0.2, 0.25) is 0 Å². The predicted octanol–water partition coefficient (Wildman–Crippen LogP) is 0.681. The van der Waals surface area contributed by atoms with E-state index in [0.717, 1.165) is 0 Å². The van der Waals surface area contributed by atoms with Crippen molar-refractivity contribution in [1.29, 1.82) is 0 Å². The third kappa shape index (κ3) is 0.941. The number of nitrogens with two attached hydrogens (primary N) is 1. The van der Waals surface area contributed by atoms with E-state index in [4.69, 9.17) is 10.8 Å². The highest BCUT2D eigenvalue weighted by Gasteiger charge is 2.69. The first kappa shape index (κ1) is 7.98. The highest BCUT2D eigenvalue weighted by molar-refractivity contribution is 5.73. The van der Waals surface area contributed by atoms with Crippen LogP contribution in [0.15, 0.2) is 0 Å². The molecule has 3 aliphatic rings. The maximum Gasteiger partial charge on any atom is 0.320 e. The Kier molecular flexibility index (Phi) is 1.32. The highest BCUT2D eigenvalue weighted by Crippen LogP contribution is 2.71. The molecule has 4 heteroatoms. The number of carboxylic acids is 1. The molecule has 0 aromatic carbocycles. The molecule has 0 unspecified atom stereocenters. The number of hydrogen-bond donors (Lipinski definition) is 2. The first-order valence-corrected chi connectivity index (χ1v) is 4.12. The third-order valence-corrected chi connectivity index (χ3v) is 3.05.